The lowest BCUT2D eigenvalue weighted by Crippen LogP contribution is -2.17. The Balaban J connectivity index is 1.65. The van der Waals surface area contributed by atoms with Crippen LogP contribution in [0.3, 0.4) is 0 Å². The van der Waals surface area contributed by atoms with Crippen LogP contribution < -0.4 is 25.0 Å². The van der Waals surface area contributed by atoms with Gasteiger partial charge in [0.1, 0.15) is 5.76 Å². The predicted octanol–water partition coefficient (Wildman–Crippen LogP) is 4.08. The van der Waals surface area contributed by atoms with Crippen LogP contribution in [-0.4, -0.2) is 39.4 Å². The minimum Gasteiger partial charge on any atom is -0.493 e. The fourth-order valence-electron chi connectivity index (χ4n) is 2.74. The summed E-state index contributed by atoms with van der Waals surface area (Å²) in [4.78, 5) is 24.9. The summed E-state index contributed by atoms with van der Waals surface area (Å²) < 4.78 is 21.6. The second-order valence-electron chi connectivity index (χ2n) is 6.29. The first kappa shape index (κ1) is 22.9. The molecule has 2 N–H and O–H groups in total. The van der Waals surface area contributed by atoms with Gasteiger partial charge in [-0.25, -0.2) is 5.43 Å². The highest BCUT2D eigenvalue weighted by Crippen LogP contribution is 2.38. The maximum Gasteiger partial charge on any atom is 0.271 e. The first-order valence-electron chi connectivity index (χ1n) is 9.25. The van der Waals surface area contributed by atoms with Crippen molar-refractivity contribution in [3.05, 3.63) is 70.1 Å². The summed E-state index contributed by atoms with van der Waals surface area (Å²) in [6.45, 7) is 0. The fourth-order valence-corrected chi connectivity index (χ4v) is 3.06. The van der Waals surface area contributed by atoms with Crippen molar-refractivity contribution in [1.29, 1.82) is 0 Å². The van der Waals surface area contributed by atoms with E-state index in [4.69, 9.17) is 18.6 Å². The molecular formula is C22H20BrN3O6. The van der Waals surface area contributed by atoms with Crippen molar-refractivity contribution in [2.24, 2.45) is 5.10 Å². The van der Waals surface area contributed by atoms with Crippen LogP contribution in [0.25, 0.3) is 0 Å². The number of carbonyl (C=O) groups is 2. The Hall–Kier alpha value is -3.79. The number of halogens is 1. The van der Waals surface area contributed by atoms with Crippen LogP contribution >= 0.6 is 15.9 Å². The van der Waals surface area contributed by atoms with Gasteiger partial charge in [-0.15, -0.1) is 0 Å². The van der Waals surface area contributed by atoms with E-state index < -0.39 is 5.91 Å². The molecule has 0 saturated carbocycles. The van der Waals surface area contributed by atoms with Gasteiger partial charge in [0.15, 0.2) is 16.2 Å². The average molecular weight is 502 g/mol. The first-order valence-corrected chi connectivity index (χ1v) is 10.0. The number of methoxy groups -OCH3 is 3. The van der Waals surface area contributed by atoms with Gasteiger partial charge in [-0.1, -0.05) is 0 Å². The number of hydrogen-bond donors (Lipinski definition) is 2. The maximum absolute atomic E-state index is 12.7. The summed E-state index contributed by atoms with van der Waals surface area (Å²) in [5.74, 6) is 0.828. The van der Waals surface area contributed by atoms with Crippen LogP contribution in [0.2, 0.25) is 0 Å². The van der Waals surface area contributed by atoms with Crippen LogP contribution in [0.1, 0.15) is 26.5 Å². The van der Waals surface area contributed by atoms with E-state index >= 15 is 0 Å². The van der Waals surface area contributed by atoms with Crippen LogP contribution in [0.4, 0.5) is 5.69 Å². The second kappa shape index (κ2) is 10.5. The lowest BCUT2D eigenvalue weighted by Gasteiger charge is -2.14. The fraction of sp³-hybridized carbons (Fsp3) is 0.136. The zero-order valence-corrected chi connectivity index (χ0v) is 19.1. The third kappa shape index (κ3) is 5.46. The van der Waals surface area contributed by atoms with E-state index in [1.807, 2.05) is 0 Å². The Bertz CT molecular complexity index is 1120. The molecule has 0 fully saturated rings. The van der Waals surface area contributed by atoms with E-state index in [1.54, 1.807) is 48.5 Å². The highest BCUT2D eigenvalue weighted by atomic mass is 79.9. The van der Waals surface area contributed by atoms with E-state index in [9.17, 15) is 9.59 Å². The van der Waals surface area contributed by atoms with Gasteiger partial charge >= 0.3 is 0 Å². The summed E-state index contributed by atoms with van der Waals surface area (Å²) in [5.41, 5.74) is 3.60. The van der Waals surface area contributed by atoms with E-state index in [-0.39, 0.29) is 5.91 Å². The van der Waals surface area contributed by atoms with Crippen LogP contribution in [-0.2, 0) is 0 Å². The minimum atomic E-state index is -0.408. The molecule has 32 heavy (non-hydrogen) atoms. The number of nitrogens with zero attached hydrogens (tertiary/aromatic N) is 1. The summed E-state index contributed by atoms with van der Waals surface area (Å²) >= 11 is 3.19. The Morgan fingerprint density at radius 1 is 0.906 bits per heavy atom. The maximum atomic E-state index is 12.7. The standard InChI is InChI=1S/C22H20BrN3O6/c1-29-17-10-14(11-18(30-2)20(17)31-3)21(27)25-15-6-4-13(5-7-15)22(28)26-24-12-16-8-9-19(23)32-16/h4-12H,1-3H3,(H,25,27)(H,26,28)/b24-12-. The second-order valence-corrected chi connectivity index (χ2v) is 7.07. The molecule has 1 heterocycles. The van der Waals surface area contributed by atoms with Crippen molar-refractivity contribution in [2.75, 3.05) is 26.6 Å². The topological polar surface area (TPSA) is 111 Å². The Morgan fingerprint density at radius 2 is 1.56 bits per heavy atom. The van der Waals surface area contributed by atoms with Gasteiger partial charge < -0.3 is 23.9 Å². The van der Waals surface area contributed by atoms with Crippen LogP contribution in [0, 0.1) is 0 Å². The van der Waals surface area contributed by atoms with Gasteiger partial charge in [0.25, 0.3) is 11.8 Å². The molecule has 0 aliphatic heterocycles. The molecule has 2 amide bonds. The van der Waals surface area contributed by atoms with Gasteiger partial charge in [0.2, 0.25) is 5.75 Å². The van der Waals surface area contributed by atoms with E-state index in [1.165, 1.54) is 27.5 Å². The van der Waals surface area contributed by atoms with Crippen molar-refractivity contribution >= 4 is 39.6 Å². The van der Waals surface area contributed by atoms with Gasteiger partial charge in [-0.2, -0.15) is 5.10 Å². The lowest BCUT2D eigenvalue weighted by atomic mass is 10.1. The van der Waals surface area contributed by atoms with Gasteiger partial charge in [-0.3, -0.25) is 9.59 Å². The van der Waals surface area contributed by atoms with Crippen molar-refractivity contribution in [2.45, 2.75) is 0 Å². The van der Waals surface area contributed by atoms with E-state index in [0.29, 0.717) is 44.5 Å². The molecular weight excluding hydrogens is 482 g/mol. The third-order valence-electron chi connectivity index (χ3n) is 4.28. The SMILES string of the molecule is COc1cc(C(=O)Nc2ccc(C(=O)N/N=C\c3ccc(Br)o3)cc2)cc(OC)c1OC. The molecule has 0 spiro atoms. The van der Waals surface area contributed by atoms with Crippen LogP contribution in [0.15, 0.2) is 62.7 Å². The quantitative estimate of drug-likeness (QED) is 0.355. The van der Waals surface area contributed by atoms with Crippen molar-refractivity contribution in [3.63, 3.8) is 0 Å². The number of nitrogens with one attached hydrogen (secondary N) is 2. The Morgan fingerprint density at radius 3 is 2.09 bits per heavy atom. The zero-order chi connectivity index (χ0) is 23.1. The lowest BCUT2D eigenvalue weighted by molar-refractivity contribution is 0.0954. The van der Waals surface area contributed by atoms with Crippen molar-refractivity contribution in [3.8, 4) is 17.2 Å². The number of hydrazone groups is 1. The monoisotopic (exact) mass is 501 g/mol. The largest absolute Gasteiger partial charge is 0.493 e. The number of anilines is 1. The molecule has 0 atom stereocenters. The summed E-state index contributed by atoms with van der Waals surface area (Å²) in [7, 11) is 4.43. The number of carbonyl (C=O) groups excluding carboxylic acids is 2. The molecule has 166 valence electrons. The number of ether oxygens (including phenoxy) is 3. The summed E-state index contributed by atoms with van der Waals surface area (Å²) in [5, 5.41) is 6.61. The molecule has 0 saturated heterocycles. The molecule has 1 aromatic heterocycles. The zero-order valence-electron chi connectivity index (χ0n) is 17.5. The summed E-state index contributed by atoms with van der Waals surface area (Å²) in [6.07, 6.45) is 1.38. The first-order chi connectivity index (χ1) is 15.4. The van der Waals surface area contributed by atoms with E-state index in [2.05, 4.69) is 31.8 Å². The molecule has 3 rings (SSSR count). The van der Waals surface area contributed by atoms with Crippen molar-refractivity contribution in [1.82, 2.24) is 5.43 Å². The molecule has 0 aliphatic carbocycles. The molecule has 0 bridgehead atoms. The Labute approximate surface area is 192 Å². The van der Waals surface area contributed by atoms with Crippen molar-refractivity contribution < 1.29 is 28.2 Å². The number of benzene rings is 2. The molecule has 2 aromatic carbocycles. The van der Waals surface area contributed by atoms with Crippen LogP contribution in [0.5, 0.6) is 17.2 Å². The average Bonchev–Trinajstić information content (AvgIpc) is 3.23. The molecule has 0 unspecified atom stereocenters. The molecule has 10 heteroatoms. The minimum absolute atomic E-state index is 0.320. The normalized spacial score (nSPS) is 10.6. The number of hydrogen-bond acceptors (Lipinski definition) is 7. The highest BCUT2D eigenvalue weighted by Gasteiger charge is 2.17. The Kier molecular flexibility index (Phi) is 7.50. The predicted molar refractivity (Wildman–Crippen MR) is 122 cm³/mol. The van der Waals surface area contributed by atoms with Gasteiger partial charge in [0.05, 0.1) is 27.5 Å². The number of rotatable bonds is 8. The smallest absolute Gasteiger partial charge is 0.271 e. The third-order valence-corrected chi connectivity index (χ3v) is 4.71. The summed E-state index contributed by atoms with van der Waals surface area (Å²) in [6, 6.07) is 12.9. The molecule has 9 nitrogen and oxygen atoms in total. The highest BCUT2D eigenvalue weighted by molar-refractivity contribution is 9.10. The van der Waals surface area contributed by atoms with Gasteiger partial charge in [0, 0.05) is 16.8 Å². The molecule has 0 radical (unpaired) electrons. The van der Waals surface area contributed by atoms with Gasteiger partial charge in [-0.05, 0) is 64.5 Å². The molecule has 3 aromatic rings. The number of amides is 2. The number of furan rings is 1. The molecule has 0 aliphatic rings. The van der Waals surface area contributed by atoms with E-state index in [0.717, 1.165) is 0 Å².